The monoisotopic (exact) mass is 508 g/mol. The second kappa shape index (κ2) is 12.2. The molecule has 2 aromatic rings. The maximum Gasteiger partial charge on any atom is 0.404 e. The fourth-order valence-corrected chi connectivity index (χ4v) is 4.44. The Kier molecular flexibility index (Phi) is 9.34. The van der Waals surface area contributed by atoms with E-state index in [0.29, 0.717) is 12.2 Å². The van der Waals surface area contributed by atoms with Gasteiger partial charge in [-0.05, 0) is 81.2 Å². The molecule has 2 aliphatic rings. The summed E-state index contributed by atoms with van der Waals surface area (Å²) in [7, 11) is 0. The Morgan fingerprint density at radius 3 is 1.89 bits per heavy atom. The van der Waals surface area contributed by atoms with Crippen LogP contribution >= 0.6 is 0 Å². The number of ether oxygens (including phenoxy) is 1. The van der Waals surface area contributed by atoms with Crippen molar-refractivity contribution < 1.29 is 31.9 Å². The van der Waals surface area contributed by atoms with Crippen LogP contribution in [-0.2, 0) is 4.74 Å². The molecule has 2 aliphatic carbocycles. The standard InChI is InChI=1S/C21H27F3N2O3.C6H5F/c1-13(21(22,23)24)15-4-6-16(7-5-15)19(27)26(18-10-11-18)17-8-2-14(3-9-17)12-29-20(25)28;7-6-4-2-1-3-5-6/h4-7,13-14,17-18H,2-3,8-12H2,1H3,(H2,25,28);1-5H/t13-,14?,17?;/m1./s1. The van der Waals surface area contributed by atoms with Crippen molar-refractivity contribution in [2.75, 3.05) is 6.61 Å². The lowest BCUT2D eigenvalue weighted by Gasteiger charge is -2.37. The van der Waals surface area contributed by atoms with Crippen LogP contribution in [0, 0.1) is 11.7 Å². The Bertz CT molecular complexity index is 986. The number of primary amides is 1. The van der Waals surface area contributed by atoms with Crippen LogP contribution in [0.3, 0.4) is 0 Å². The zero-order valence-electron chi connectivity index (χ0n) is 20.2. The molecule has 4 rings (SSSR count). The summed E-state index contributed by atoms with van der Waals surface area (Å²) in [6.07, 6.45) is 0.163. The van der Waals surface area contributed by atoms with Gasteiger partial charge in [-0.15, -0.1) is 0 Å². The van der Waals surface area contributed by atoms with Crippen molar-refractivity contribution in [3.05, 3.63) is 71.5 Å². The summed E-state index contributed by atoms with van der Waals surface area (Å²) in [4.78, 5) is 25.8. The number of nitrogens with zero attached hydrogens (tertiary/aromatic N) is 1. The highest BCUT2D eigenvalue weighted by molar-refractivity contribution is 5.95. The van der Waals surface area contributed by atoms with Crippen LogP contribution in [0.2, 0.25) is 0 Å². The van der Waals surface area contributed by atoms with Gasteiger partial charge in [-0.3, -0.25) is 4.79 Å². The maximum atomic E-state index is 13.1. The topological polar surface area (TPSA) is 72.6 Å². The smallest absolute Gasteiger partial charge is 0.404 e. The van der Waals surface area contributed by atoms with Crippen LogP contribution < -0.4 is 5.73 Å². The van der Waals surface area contributed by atoms with E-state index < -0.39 is 18.2 Å². The highest BCUT2D eigenvalue weighted by Crippen LogP contribution is 2.37. The van der Waals surface area contributed by atoms with Gasteiger partial charge in [0.25, 0.3) is 5.91 Å². The molecule has 9 heteroatoms. The fraction of sp³-hybridized carbons (Fsp3) is 0.481. The van der Waals surface area contributed by atoms with Crippen LogP contribution in [0.5, 0.6) is 0 Å². The van der Waals surface area contributed by atoms with Gasteiger partial charge in [-0.25, -0.2) is 9.18 Å². The van der Waals surface area contributed by atoms with Crippen LogP contribution in [0.1, 0.15) is 67.3 Å². The molecule has 1 atom stereocenters. The minimum atomic E-state index is -4.30. The molecule has 0 bridgehead atoms. The Hall–Kier alpha value is -3.10. The molecule has 0 aromatic heterocycles. The molecule has 2 aromatic carbocycles. The maximum absolute atomic E-state index is 13.1. The summed E-state index contributed by atoms with van der Waals surface area (Å²) in [6, 6.07) is 14.0. The van der Waals surface area contributed by atoms with Gasteiger partial charge in [0, 0.05) is 17.6 Å². The third-order valence-electron chi connectivity index (χ3n) is 6.73. The number of carbonyl (C=O) groups excluding carboxylic acids is 2. The van der Waals surface area contributed by atoms with Crippen LogP contribution in [-0.4, -0.2) is 41.8 Å². The van der Waals surface area contributed by atoms with Gasteiger partial charge in [-0.1, -0.05) is 30.3 Å². The van der Waals surface area contributed by atoms with E-state index in [4.69, 9.17) is 10.5 Å². The number of nitrogens with two attached hydrogens (primary N) is 1. The largest absolute Gasteiger partial charge is 0.449 e. The number of benzene rings is 2. The average Bonchev–Trinajstić information content (AvgIpc) is 3.69. The van der Waals surface area contributed by atoms with Gasteiger partial charge in [0.05, 0.1) is 12.5 Å². The molecule has 0 unspecified atom stereocenters. The minimum Gasteiger partial charge on any atom is -0.449 e. The minimum absolute atomic E-state index is 0.105. The molecule has 0 aliphatic heterocycles. The molecule has 2 amide bonds. The number of alkyl halides is 3. The summed E-state index contributed by atoms with van der Waals surface area (Å²) < 4.78 is 55.5. The van der Waals surface area contributed by atoms with Gasteiger partial charge >= 0.3 is 12.3 Å². The first kappa shape index (κ1) is 27.5. The molecule has 2 fully saturated rings. The predicted octanol–water partition coefficient (Wildman–Crippen LogP) is 6.44. The van der Waals surface area contributed by atoms with Crippen molar-refractivity contribution in [3.8, 4) is 0 Å². The summed E-state index contributed by atoms with van der Waals surface area (Å²) >= 11 is 0. The van der Waals surface area contributed by atoms with E-state index in [1.165, 1.54) is 36.4 Å². The third-order valence-corrected chi connectivity index (χ3v) is 6.73. The number of rotatable bonds is 6. The highest BCUT2D eigenvalue weighted by atomic mass is 19.4. The molecule has 36 heavy (non-hydrogen) atoms. The SMILES string of the molecule is C[C@H](c1ccc(C(=O)N(C2CCC(COC(N)=O)CC2)C2CC2)cc1)C(F)(F)F.Fc1ccccc1. The van der Waals surface area contributed by atoms with E-state index >= 15 is 0 Å². The first-order valence-electron chi connectivity index (χ1n) is 12.2. The van der Waals surface area contributed by atoms with E-state index in [0.717, 1.165) is 45.4 Å². The van der Waals surface area contributed by atoms with E-state index in [9.17, 15) is 27.2 Å². The first-order valence-corrected chi connectivity index (χ1v) is 12.2. The third kappa shape index (κ3) is 7.96. The van der Waals surface area contributed by atoms with Crippen molar-refractivity contribution in [2.24, 2.45) is 11.7 Å². The molecular formula is C27H32F4N2O3. The lowest BCUT2D eigenvalue weighted by Crippen LogP contribution is -2.44. The van der Waals surface area contributed by atoms with Crippen LogP contribution in [0.25, 0.3) is 0 Å². The van der Waals surface area contributed by atoms with Gasteiger partial charge in [0.2, 0.25) is 0 Å². The second-order valence-corrected chi connectivity index (χ2v) is 9.43. The van der Waals surface area contributed by atoms with Gasteiger partial charge < -0.3 is 15.4 Å². The number of amides is 2. The van der Waals surface area contributed by atoms with Crippen LogP contribution in [0.15, 0.2) is 54.6 Å². The van der Waals surface area contributed by atoms with Gasteiger partial charge in [0.15, 0.2) is 0 Å². The molecule has 2 N–H and O–H groups in total. The lowest BCUT2D eigenvalue weighted by molar-refractivity contribution is -0.146. The van der Waals surface area contributed by atoms with E-state index in [2.05, 4.69) is 0 Å². The quantitative estimate of drug-likeness (QED) is 0.457. The summed E-state index contributed by atoms with van der Waals surface area (Å²) in [5.41, 5.74) is 5.59. The number of hydrogen-bond donors (Lipinski definition) is 1. The van der Waals surface area contributed by atoms with Crippen molar-refractivity contribution >= 4 is 12.0 Å². The Morgan fingerprint density at radius 1 is 0.944 bits per heavy atom. The molecule has 0 saturated heterocycles. The number of hydrogen-bond acceptors (Lipinski definition) is 3. The van der Waals surface area contributed by atoms with Gasteiger partial charge in [0.1, 0.15) is 5.82 Å². The Morgan fingerprint density at radius 2 is 1.47 bits per heavy atom. The average molecular weight is 509 g/mol. The van der Waals surface area contributed by atoms with Crippen molar-refractivity contribution in [1.29, 1.82) is 0 Å². The van der Waals surface area contributed by atoms with Crippen molar-refractivity contribution in [1.82, 2.24) is 4.90 Å². The van der Waals surface area contributed by atoms with E-state index in [1.54, 1.807) is 18.2 Å². The zero-order valence-corrected chi connectivity index (χ0v) is 20.2. The van der Waals surface area contributed by atoms with E-state index in [-0.39, 0.29) is 35.3 Å². The van der Waals surface area contributed by atoms with E-state index in [1.807, 2.05) is 4.90 Å². The summed E-state index contributed by atoms with van der Waals surface area (Å²) in [5.74, 6) is -1.61. The second-order valence-electron chi connectivity index (χ2n) is 9.43. The van der Waals surface area contributed by atoms with Crippen LogP contribution in [0.4, 0.5) is 22.4 Å². The molecule has 2 saturated carbocycles. The summed E-state index contributed by atoms with van der Waals surface area (Å²) in [5, 5.41) is 0. The molecule has 0 radical (unpaired) electrons. The zero-order chi connectivity index (χ0) is 26.3. The lowest BCUT2D eigenvalue weighted by atomic mass is 9.85. The highest BCUT2D eigenvalue weighted by Gasteiger charge is 2.40. The molecule has 5 nitrogen and oxygen atoms in total. The van der Waals surface area contributed by atoms with Gasteiger partial charge in [-0.2, -0.15) is 13.2 Å². The molecule has 0 spiro atoms. The predicted molar refractivity (Wildman–Crippen MR) is 128 cm³/mol. The van der Waals surface area contributed by atoms with Crippen molar-refractivity contribution in [3.63, 3.8) is 0 Å². The fourth-order valence-electron chi connectivity index (χ4n) is 4.44. The molecule has 0 heterocycles. The first-order chi connectivity index (χ1) is 17.1. The Balaban J connectivity index is 0.000000444. The molecule has 196 valence electrons. The Labute approximate surface area is 208 Å². The normalized spacial score (nSPS) is 20.5. The number of carbonyl (C=O) groups is 2. The number of halogens is 4. The summed E-state index contributed by atoms with van der Waals surface area (Å²) in [6.45, 7) is 1.42. The van der Waals surface area contributed by atoms with Crippen molar-refractivity contribution in [2.45, 2.75) is 69.6 Å². The molecular weight excluding hydrogens is 476 g/mol.